The van der Waals surface area contributed by atoms with Gasteiger partial charge in [0.25, 0.3) is 0 Å². The van der Waals surface area contributed by atoms with Gasteiger partial charge in [0, 0.05) is 19.6 Å². The van der Waals surface area contributed by atoms with E-state index in [1.165, 1.54) is 6.07 Å². The lowest BCUT2D eigenvalue weighted by atomic mass is 10.1. The second kappa shape index (κ2) is 4.02. The Morgan fingerprint density at radius 3 is 2.93 bits per heavy atom. The number of hydrogen-bond acceptors (Lipinski definition) is 3. The highest BCUT2D eigenvalue weighted by Gasteiger charge is 2.15. The summed E-state index contributed by atoms with van der Waals surface area (Å²) in [5, 5.41) is 6.61. The van der Waals surface area contributed by atoms with Gasteiger partial charge in [-0.2, -0.15) is 0 Å². The number of piperazine rings is 1. The molecule has 1 aromatic heterocycles. The molecule has 1 aliphatic heterocycles. The Morgan fingerprint density at radius 2 is 2.29 bits per heavy atom. The summed E-state index contributed by atoms with van der Waals surface area (Å²) in [7, 11) is 0. The van der Waals surface area contributed by atoms with Crippen molar-refractivity contribution in [1.82, 2.24) is 15.6 Å². The predicted molar refractivity (Wildman–Crippen MR) is 52.5 cm³/mol. The van der Waals surface area contributed by atoms with E-state index < -0.39 is 0 Å². The van der Waals surface area contributed by atoms with E-state index in [4.69, 9.17) is 0 Å². The molecule has 0 bridgehead atoms. The van der Waals surface area contributed by atoms with Gasteiger partial charge in [0.1, 0.15) is 5.82 Å². The number of nitrogens with one attached hydrogen (secondary N) is 2. The van der Waals surface area contributed by atoms with Crippen molar-refractivity contribution in [2.45, 2.75) is 13.0 Å². The van der Waals surface area contributed by atoms with Crippen LogP contribution in [0.1, 0.15) is 17.4 Å². The lowest BCUT2D eigenvalue weighted by Crippen LogP contribution is -2.43. The fraction of sp³-hybridized carbons (Fsp3) is 0.500. The minimum atomic E-state index is -0.238. The molecule has 2 heterocycles. The van der Waals surface area contributed by atoms with Crippen LogP contribution in [0.5, 0.6) is 0 Å². The van der Waals surface area contributed by atoms with Crippen molar-refractivity contribution in [1.29, 1.82) is 0 Å². The summed E-state index contributed by atoms with van der Waals surface area (Å²) in [6.45, 7) is 4.46. The molecule has 2 N–H and O–H groups in total. The van der Waals surface area contributed by atoms with Crippen LogP contribution in [-0.4, -0.2) is 24.6 Å². The number of halogens is 1. The lowest BCUT2D eigenvalue weighted by molar-refractivity contribution is 0.421. The zero-order chi connectivity index (χ0) is 9.97. The van der Waals surface area contributed by atoms with Crippen molar-refractivity contribution in [3.8, 4) is 0 Å². The molecule has 1 atom stereocenters. The highest BCUT2D eigenvalue weighted by atomic mass is 19.1. The maximum absolute atomic E-state index is 13.0. The van der Waals surface area contributed by atoms with Gasteiger partial charge in [0.05, 0.1) is 17.4 Å². The second-order valence-corrected chi connectivity index (χ2v) is 3.51. The molecule has 0 aromatic carbocycles. The second-order valence-electron chi connectivity index (χ2n) is 3.51. The summed E-state index contributed by atoms with van der Waals surface area (Å²) < 4.78 is 13.0. The van der Waals surface area contributed by atoms with Gasteiger partial charge in [-0.25, -0.2) is 4.39 Å². The first kappa shape index (κ1) is 9.55. The standard InChI is InChI=1S/C10H14FN3/c1-7-8(11)2-3-9(14-7)10-6-12-4-5-13-10/h2-3,10,12-13H,4-6H2,1H3/t10-/m0/s1. The fourth-order valence-electron chi connectivity index (χ4n) is 1.62. The third-order valence-electron chi connectivity index (χ3n) is 2.44. The molecule has 1 saturated heterocycles. The summed E-state index contributed by atoms with van der Waals surface area (Å²) in [6, 6.07) is 3.43. The number of aryl methyl sites for hydroxylation is 1. The largest absolute Gasteiger partial charge is 0.314 e. The maximum Gasteiger partial charge on any atom is 0.144 e. The van der Waals surface area contributed by atoms with Crippen LogP contribution < -0.4 is 10.6 Å². The van der Waals surface area contributed by atoms with E-state index in [0.29, 0.717) is 5.69 Å². The van der Waals surface area contributed by atoms with Gasteiger partial charge in [-0.1, -0.05) is 0 Å². The Bertz CT molecular complexity index is 321. The van der Waals surface area contributed by atoms with E-state index in [-0.39, 0.29) is 11.9 Å². The molecule has 0 spiro atoms. The predicted octanol–water partition coefficient (Wildman–Crippen LogP) is 0.763. The fourth-order valence-corrected chi connectivity index (χ4v) is 1.62. The first-order chi connectivity index (χ1) is 6.77. The average molecular weight is 195 g/mol. The van der Waals surface area contributed by atoms with Gasteiger partial charge < -0.3 is 10.6 Å². The van der Waals surface area contributed by atoms with E-state index >= 15 is 0 Å². The van der Waals surface area contributed by atoms with Gasteiger partial charge in [0.15, 0.2) is 0 Å². The molecule has 0 amide bonds. The third-order valence-corrected chi connectivity index (χ3v) is 2.44. The van der Waals surface area contributed by atoms with Crippen molar-refractivity contribution < 1.29 is 4.39 Å². The molecule has 4 heteroatoms. The third kappa shape index (κ3) is 1.91. The van der Waals surface area contributed by atoms with Crippen molar-refractivity contribution >= 4 is 0 Å². The van der Waals surface area contributed by atoms with Crippen LogP contribution in [-0.2, 0) is 0 Å². The van der Waals surface area contributed by atoms with E-state index in [2.05, 4.69) is 15.6 Å². The molecule has 0 radical (unpaired) electrons. The molecule has 1 aromatic rings. The Hall–Kier alpha value is -1.00. The zero-order valence-electron chi connectivity index (χ0n) is 8.18. The first-order valence-corrected chi connectivity index (χ1v) is 4.84. The van der Waals surface area contributed by atoms with Gasteiger partial charge in [0.2, 0.25) is 0 Å². The monoisotopic (exact) mass is 195 g/mol. The summed E-state index contributed by atoms with van der Waals surface area (Å²) >= 11 is 0. The summed E-state index contributed by atoms with van der Waals surface area (Å²) in [5.74, 6) is -0.238. The van der Waals surface area contributed by atoms with E-state index in [1.807, 2.05) is 0 Å². The van der Waals surface area contributed by atoms with E-state index in [1.54, 1.807) is 13.0 Å². The van der Waals surface area contributed by atoms with Crippen molar-refractivity contribution in [2.75, 3.05) is 19.6 Å². The van der Waals surface area contributed by atoms with Gasteiger partial charge in [-0.05, 0) is 19.1 Å². The van der Waals surface area contributed by atoms with E-state index in [0.717, 1.165) is 25.3 Å². The minimum absolute atomic E-state index is 0.211. The molecular weight excluding hydrogens is 181 g/mol. The van der Waals surface area contributed by atoms with Gasteiger partial charge in [-0.3, -0.25) is 4.98 Å². The molecule has 0 aliphatic carbocycles. The SMILES string of the molecule is Cc1nc([C@@H]2CNCCN2)ccc1F. The number of hydrogen-bond donors (Lipinski definition) is 2. The van der Waals surface area contributed by atoms with Crippen LogP contribution in [0.2, 0.25) is 0 Å². The molecule has 1 fully saturated rings. The molecule has 14 heavy (non-hydrogen) atoms. The van der Waals surface area contributed by atoms with Crippen LogP contribution >= 0.6 is 0 Å². The van der Waals surface area contributed by atoms with Crippen molar-refractivity contribution in [3.63, 3.8) is 0 Å². The van der Waals surface area contributed by atoms with Crippen LogP contribution in [0.25, 0.3) is 0 Å². The summed E-state index contributed by atoms with van der Waals surface area (Å²) in [4.78, 5) is 4.22. The average Bonchev–Trinajstić information content (AvgIpc) is 2.23. The molecule has 2 rings (SSSR count). The lowest BCUT2D eigenvalue weighted by Gasteiger charge is -2.24. The number of nitrogens with zero attached hydrogens (tertiary/aromatic N) is 1. The molecule has 76 valence electrons. The summed E-state index contributed by atoms with van der Waals surface area (Å²) in [5.41, 5.74) is 1.38. The highest BCUT2D eigenvalue weighted by molar-refractivity contribution is 5.16. The van der Waals surface area contributed by atoms with Gasteiger partial charge >= 0.3 is 0 Å². The molecular formula is C10H14FN3. The highest BCUT2D eigenvalue weighted by Crippen LogP contribution is 2.13. The summed E-state index contributed by atoms with van der Waals surface area (Å²) in [6.07, 6.45) is 0. The maximum atomic E-state index is 13.0. The number of rotatable bonds is 1. The zero-order valence-corrected chi connectivity index (χ0v) is 8.18. The normalized spacial score (nSPS) is 22.3. The number of aromatic nitrogens is 1. The smallest absolute Gasteiger partial charge is 0.144 e. The topological polar surface area (TPSA) is 37.0 Å². The van der Waals surface area contributed by atoms with Crippen LogP contribution in [0, 0.1) is 12.7 Å². The molecule has 1 aliphatic rings. The Labute approximate surface area is 82.7 Å². The molecule has 0 unspecified atom stereocenters. The minimum Gasteiger partial charge on any atom is -0.314 e. The number of pyridine rings is 1. The van der Waals surface area contributed by atoms with Crippen LogP contribution in [0.3, 0.4) is 0 Å². The Morgan fingerprint density at radius 1 is 1.43 bits per heavy atom. The van der Waals surface area contributed by atoms with Crippen molar-refractivity contribution in [3.05, 3.63) is 29.3 Å². The van der Waals surface area contributed by atoms with Crippen LogP contribution in [0.15, 0.2) is 12.1 Å². The van der Waals surface area contributed by atoms with E-state index in [9.17, 15) is 4.39 Å². The Kier molecular flexibility index (Phi) is 2.74. The molecule has 0 saturated carbocycles. The quantitative estimate of drug-likeness (QED) is 0.694. The van der Waals surface area contributed by atoms with Crippen molar-refractivity contribution in [2.24, 2.45) is 0 Å². The molecule has 3 nitrogen and oxygen atoms in total. The van der Waals surface area contributed by atoms with Gasteiger partial charge in [-0.15, -0.1) is 0 Å². The first-order valence-electron chi connectivity index (χ1n) is 4.84. The van der Waals surface area contributed by atoms with Crippen LogP contribution in [0.4, 0.5) is 4.39 Å². The Balaban J connectivity index is 2.18.